The first kappa shape index (κ1) is 28.8. The van der Waals surface area contributed by atoms with Crippen molar-refractivity contribution in [3.63, 3.8) is 0 Å². The lowest BCUT2D eigenvalue weighted by atomic mass is 9.95. The molecule has 0 N–H and O–H groups in total. The van der Waals surface area contributed by atoms with Crippen LogP contribution in [-0.2, 0) is 9.47 Å². The van der Waals surface area contributed by atoms with Gasteiger partial charge in [0.05, 0.1) is 27.4 Å². The summed E-state index contributed by atoms with van der Waals surface area (Å²) in [5.41, 5.74) is 7.59. The third kappa shape index (κ3) is 5.32. The van der Waals surface area contributed by atoms with Gasteiger partial charge in [0.2, 0.25) is 0 Å². The number of benzene rings is 5. The quantitative estimate of drug-likeness (QED) is 0.175. The zero-order valence-electron chi connectivity index (χ0n) is 25.2. The summed E-state index contributed by atoms with van der Waals surface area (Å²) < 4.78 is 25.0. The Kier molecular flexibility index (Phi) is 8.23. The highest BCUT2D eigenvalue weighted by Crippen LogP contribution is 2.71. The molecule has 0 aliphatic carbocycles. The van der Waals surface area contributed by atoms with Crippen molar-refractivity contribution in [2.75, 3.05) is 27.4 Å². The van der Waals surface area contributed by atoms with Crippen molar-refractivity contribution in [1.29, 1.82) is 0 Å². The standard InChI is InChI=1S/C39H37O4P/c1-40-34-22-11-9-18-30(34)32-20-13-21-33(31-19-10-12-23-35(31)41-2)38(32)44-36(28-14-5-3-6-15-28)26-39(42-24-25-43-39)27-37(44)29-16-7-4-8-17-29/h3-23,36-37H,24-27H2,1-2H3. The third-order valence-corrected chi connectivity index (χ3v) is 12.3. The second kappa shape index (κ2) is 12.6. The van der Waals surface area contributed by atoms with Gasteiger partial charge in [-0.3, -0.25) is 0 Å². The van der Waals surface area contributed by atoms with E-state index in [0.717, 1.165) is 35.5 Å². The minimum Gasteiger partial charge on any atom is -0.496 e. The van der Waals surface area contributed by atoms with E-state index in [1.165, 1.54) is 27.6 Å². The van der Waals surface area contributed by atoms with Gasteiger partial charge in [0.1, 0.15) is 11.5 Å². The Hall–Kier alpha value is -3.95. The molecule has 1 spiro atoms. The Morgan fingerprint density at radius 1 is 0.523 bits per heavy atom. The van der Waals surface area contributed by atoms with E-state index in [1.807, 2.05) is 12.1 Å². The van der Waals surface area contributed by atoms with Gasteiger partial charge in [-0.1, -0.05) is 123 Å². The lowest BCUT2D eigenvalue weighted by Gasteiger charge is -2.48. The van der Waals surface area contributed by atoms with Crippen molar-refractivity contribution in [3.05, 3.63) is 139 Å². The largest absolute Gasteiger partial charge is 0.496 e. The van der Waals surface area contributed by atoms with Gasteiger partial charge < -0.3 is 18.9 Å². The van der Waals surface area contributed by atoms with Gasteiger partial charge in [-0.05, 0) is 39.7 Å². The Bertz CT molecular complexity index is 1600. The molecule has 0 saturated carbocycles. The van der Waals surface area contributed by atoms with Crippen LogP contribution in [0.5, 0.6) is 11.5 Å². The summed E-state index contributed by atoms with van der Waals surface area (Å²) in [5, 5.41) is 1.35. The van der Waals surface area contributed by atoms with Gasteiger partial charge in [-0.2, -0.15) is 0 Å². The lowest BCUT2D eigenvalue weighted by molar-refractivity contribution is -0.170. The van der Waals surface area contributed by atoms with Crippen molar-refractivity contribution in [1.82, 2.24) is 0 Å². The Morgan fingerprint density at radius 3 is 1.39 bits per heavy atom. The van der Waals surface area contributed by atoms with E-state index in [-0.39, 0.29) is 11.3 Å². The molecular formula is C39H37O4P. The van der Waals surface area contributed by atoms with Crippen molar-refractivity contribution < 1.29 is 18.9 Å². The number of hydrogen-bond donors (Lipinski definition) is 0. The minimum absolute atomic E-state index is 0.188. The molecule has 2 fully saturated rings. The van der Waals surface area contributed by atoms with Gasteiger partial charge in [0.15, 0.2) is 5.79 Å². The summed E-state index contributed by atoms with van der Waals surface area (Å²) in [7, 11) is 2.63. The Morgan fingerprint density at radius 2 is 0.932 bits per heavy atom. The summed E-state index contributed by atoms with van der Waals surface area (Å²) in [4.78, 5) is 0. The molecule has 2 saturated heterocycles. The highest BCUT2D eigenvalue weighted by Gasteiger charge is 2.51. The molecule has 5 heteroatoms. The van der Waals surface area contributed by atoms with E-state index in [9.17, 15) is 0 Å². The molecule has 2 aliphatic heterocycles. The van der Waals surface area contributed by atoms with E-state index >= 15 is 0 Å². The Balaban J connectivity index is 1.56. The fourth-order valence-corrected chi connectivity index (χ4v) is 11.0. The summed E-state index contributed by atoms with van der Waals surface area (Å²) in [5.74, 6) is 1.12. The van der Waals surface area contributed by atoms with Crippen LogP contribution in [-0.4, -0.2) is 33.2 Å². The maximum absolute atomic E-state index is 6.52. The van der Waals surface area contributed by atoms with Crippen LogP contribution >= 0.6 is 7.92 Å². The van der Waals surface area contributed by atoms with E-state index in [2.05, 4.69) is 115 Å². The molecule has 5 aromatic carbocycles. The molecule has 0 radical (unpaired) electrons. The molecule has 2 unspecified atom stereocenters. The molecule has 222 valence electrons. The highest BCUT2D eigenvalue weighted by molar-refractivity contribution is 7.67. The first-order chi connectivity index (χ1) is 21.7. The summed E-state index contributed by atoms with van der Waals surface area (Å²) in [6.07, 6.45) is 1.61. The molecule has 44 heavy (non-hydrogen) atoms. The smallest absolute Gasteiger partial charge is 0.170 e. The fraction of sp³-hybridized carbons (Fsp3) is 0.231. The zero-order valence-corrected chi connectivity index (χ0v) is 26.1. The molecule has 2 heterocycles. The molecular weight excluding hydrogens is 563 g/mol. The third-order valence-electron chi connectivity index (χ3n) is 8.95. The van der Waals surface area contributed by atoms with E-state index in [1.54, 1.807) is 14.2 Å². The first-order valence-corrected chi connectivity index (χ1v) is 16.8. The second-order valence-electron chi connectivity index (χ2n) is 11.4. The molecule has 0 bridgehead atoms. The van der Waals surface area contributed by atoms with Gasteiger partial charge in [0.25, 0.3) is 0 Å². The van der Waals surface area contributed by atoms with Crippen molar-refractivity contribution in [3.8, 4) is 33.8 Å². The molecule has 2 aliphatic rings. The van der Waals surface area contributed by atoms with Crippen molar-refractivity contribution >= 4 is 13.2 Å². The van der Waals surface area contributed by atoms with Crippen LogP contribution in [0.3, 0.4) is 0 Å². The maximum atomic E-state index is 6.52. The van der Waals surface area contributed by atoms with Crippen molar-refractivity contribution in [2.24, 2.45) is 0 Å². The van der Waals surface area contributed by atoms with Gasteiger partial charge in [-0.15, -0.1) is 0 Å². The van der Waals surface area contributed by atoms with E-state index in [0.29, 0.717) is 13.2 Å². The van der Waals surface area contributed by atoms with Crippen LogP contribution in [0.2, 0.25) is 0 Å². The van der Waals surface area contributed by atoms with Crippen LogP contribution in [0.25, 0.3) is 22.3 Å². The summed E-state index contributed by atoms with van der Waals surface area (Å²) >= 11 is 0. The monoisotopic (exact) mass is 600 g/mol. The number of hydrogen-bond acceptors (Lipinski definition) is 4. The molecule has 2 atom stereocenters. The molecule has 0 aromatic heterocycles. The second-order valence-corrected chi connectivity index (χ2v) is 13.9. The van der Waals surface area contributed by atoms with Crippen LogP contribution < -0.4 is 14.8 Å². The van der Waals surface area contributed by atoms with Crippen LogP contribution in [0.15, 0.2) is 127 Å². The number of ether oxygens (including phenoxy) is 4. The number of para-hydroxylation sites is 2. The van der Waals surface area contributed by atoms with E-state index < -0.39 is 13.7 Å². The van der Waals surface area contributed by atoms with Gasteiger partial charge in [0, 0.05) is 35.3 Å². The molecule has 5 aromatic rings. The highest BCUT2D eigenvalue weighted by atomic mass is 31.1. The van der Waals surface area contributed by atoms with Crippen LogP contribution in [0, 0.1) is 0 Å². The molecule has 0 amide bonds. The average Bonchev–Trinajstić information content (AvgIpc) is 3.55. The SMILES string of the molecule is COc1ccccc1-c1cccc(-c2ccccc2OC)c1P1C(c2ccccc2)CC2(CC1c1ccccc1)OCCO2. The predicted octanol–water partition coefficient (Wildman–Crippen LogP) is 9.16. The summed E-state index contributed by atoms with van der Waals surface area (Å²) in [6, 6.07) is 45.4. The van der Waals surface area contributed by atoms with E-state index in [4.69, 9.17) is 18.9 Å². The minimum atomic E-state index is -0.883. The van der Waals surface area contributed by atoms with Crippen LogP contribution in [0.4, 0.5) is 0 Å². The maximum Gasteiger partial charge on any atom is 0.170 e. The average molecular weight is 601 g/mol. The van der Waals surface area contributed by atoms with Crippen LogP contribution in [0.1, 0.15) is 35.3 Å². The molecule has 4 nitrogen and oxygen atoms in total. The molecule has 7 rings (SSSR count). The zero-order chi connectivity index (χ0) is 29.9. The Labute approximate surface area is 261 Å². The number of methoxy groups -OCH3 is 2. The first-order valence-electron chi connectivity index (χ1n) is 15.3. The lowest BCUT2D eigenvalue weighted by Crippen LogP contribution is -2.39. The fourth-order valence-electron chi connectivity index (χ4n) is 7.03. The topological polar surface area (TPSA) is 36.9 Å². The van der Waals surface area contributed by atoms with Gasteiger partial charge in [-0.25, -0.2) is 0 Å². The predicted molar refractivity (Wildman–Crippen MR) is 179 cm³/mol. The van der Waals surface area contributed by atoms with Crippen molar-refractivity contribution in [2.45, 2.75) is 29.9 Å². The van der Waals surface area contributed by atoms with Gasteiger partial charge >= 0.3 is 0 Å². The normalized spacial score (nSPS) is 20.8. The number of rotatable bonds is 7. The summed E-state index contributed by atoms with van der Waals surface area (Å²) in [6.45, 7) is 1.26.